The lowest BCUT2D eigenvalue weighted by Crippen LogP contribution is -2.57. The Morgan fingerprint density at radius 3 is 2.52 bits per heavy atom. The molecule has 8 atom stereocenters. The summed E-state index contributed by atoms with van der Waals surface area (Å²) in [7, 11) is -1.82. The molecule has 3 heteroatoms. The summed E-state index contributed by atoms with van der Waals surface area (Å²) >= 11 is 0. The maximum Gasteiger partial charge on any atom is 0.192 e. The van der Waals surface area contributed by atoms with Crippen molar-refractivity contribution in [3.05, 3.63) is 23.8 Å². The molecule has 0 spiro atoms. The van der Waals surface area contributed by atoms with E-state index in [0.29, 0.717) is 23.4 Å². The molecule has 4 aliphatic carbocycles. The first-order valence-electron chi connectivity index (χ1n) is 13.9. The third-order valence-corrected chi connectivity index (χ3v) is 16.0. The van der Waals surface area contributed by atoms with E-state index >= 15 is 0 Å². The van der Waals surface area contributed by atoms with Crippen LogP contribution in [-0.4, -0.2) is 20.7 Å². The lowest BCUT2D eigenvalue weighted by molar-refractivity contribution is -0.104. The molecule has 0 N–H and O–H groups in total. The number of rotatable bonds is 5. The summed E-state index contributed by atoms with van der Waals surface area (Å²) in [5.74, 6) is 3.59. The Morgan fingerprint density at radius 1 is 1.12 bits per heavy atom. The lowest BCUT2D eigenvalue weighted by Gasteiger charge is -2.61. The molecule has 2 nitrogen and oxygen atoms in total. The maximum absolute atomic E-state index is 10.9. The third kappa shape index (κ3) is 4.07. The number of carbonyl (C=O) groups excluding carboxylic acids is 1. The molecule has 4 rings (SSSR count). The molecule has 186 valence electrons. The fourth-order valence-electron chi connectivity index (χ4n) is 8.66. The summed E-state index contributed by atoms with van der Waals surface area (Å²) < 4.78 is 7.26. The molecule has 1 unspecified atom stereocenters. The van der Waals surface area contributed by atoms with Gasteiger partial charge in [-0.15, -0.1) is 0 Å². The second-order valence-corrected chi connectivity index (χ2v) is 18.7. The van der Waals surface area contributed by atoms with Crippen LogP contribution in [0, 0.1) is 40.4 Å². The standard InChI is InChI=1S/C30H50O2Si/c1-21(11-10-20-31)24-16-17-25-23-15-14-22-12-9-13-27(32-33(7,8)28(2,3)4)30(22,6)26(23)18-19-29(24,25)5/h10-11,14,20-21,23-27H,9,12-13,15-19H2,1-8H3/b11-10+/t21-,23+,24-,25+,26+,27?,29-,30+/m1/s1. The van der Waals surface area contributed by atoms with Crippen molar-refractivity contribution in [2.45, 2.75) is 117 Å². The Kier molecular flexibility index (Phi) is 6.75. The molecule has 3 fully saturated rings. The van der Waals surface area contributed by atoms with Gasteiger partial charge in [0.15, 0.2) is 8.32 Å². The van der Waals surface area contributed by atoms with E-state index in [-0.39, 0.29) is 10.5 Å². The quantitative estimate of drug-likeness (QED) is 0.175. The monoisotopic (exact) mass is 470 g/mol. The Labute approximate surface area is 205 Å². The molecule has 0 radical (unpaired) electrons. The van der Waals surface area contributed by atoms with Gasteiger partial charge in [0.1, 0.15) is 6.29 Å². The van der Waals surface area contributed by atoms with E-state index in [9.17, 15) is 4.79 Å². The van der Waals surface area contributed by atoms with Gasteiger partial charge in [-0.2, -0.15) is 0 Å². The van der Waals surface area contributed by atoms with Gasteiger partial charge in [0.25, 0.3) is 0 Å². The summed E-state index contributed by atoms with van der Waals surface area (Å²) in [6.07, 6.45) is 18.4. The van der Waals surface area contributed by atoms with Crippen molar-refractivity contribution in [2.24, 2.45) is 40.4 Å². The topological polar surface area (TPSA) is 26.3 Å². The highest BCUT2D eigenvalue weighted by atomic mass is 28.4. The van der Waals surface area contributed by atoms with E-state index in [1.54, 1.807) is 11.6 Å². The minimum absolute atomic E-state index is 0.221. The van der Waals surface area contributed by atoms with Crippen molar-refractivity contribution in [3.63, 3.8) is 0 Å². The highest BCUT2D eigenvalue weighted by molar-refractivity contribution is 6.74. The first-order valence-corrected chi connectivity index (χ1v) is 16.8. The Bertz CT molecular complexity index is 805. The summed E-state index contributed by atoms with van der Waals surface area (Å²) in [4.78, 5) is 10.9. The molecule has 0 saturated heterocycles. The van der Waals surface area contributed by atoms with Gasteiger partial charge >= 0.3 is 0 Å². The summed E-state index contributed by atoms with van der Waals surface area (Å²) in [6, 6.07) is 0. The average molecular weight is 471 g/mol. The van der Waals surface area contributed by atoms with Gasteiger partial charge in [-0.1, -0.05) is 59.3 Å². The second kappa shape index (κ2) is 8.77. The van der Waals surface area contributed by atoms with E-state index in [2.05, 4.69) is 66.8 Å². The zero-order valence-electron chi connectivity index (χ0n) is 22.7. The molecule has 0 aromatic carbocycles. The van der Waals surface area contributed by atoms with Gasteiger partial charge in [-0.25, -0.2) is 0 Å². The van der Waals surface area contributed by atoms with Gasteiger partial charge in [0.05, 0.1) is 6.10 Å². The minimum atomic E-state index is -1.82. The van der Waals surface area contributed by atoms with Crippen molar-refractivity contribution in [3.8, 4) is 0 Å². The van der Waals surface area contributed by atoms with E-state index in [0.717, 1.165) is 24.0 Å². The van der Waals surface area contributed by atoms with Crippen molar-refractivity contribution in [1.82, 2.24) is 0 Å². The molecular weight excluding hydrogens is 420 g/mol. The van der Waals surface area contributed by atoms with Crippen LogP contribution in [0.4, 0.5) is 0 Å². The molecule has 3 saturated carbocycles. The van der Waals surface area contributed by atoms with Crippen LogP contribution in [0.5, 0.6) is 0 Å². The lowest BCUT2D eigenvalue weighted by atomic mass is 9.46. The van der Waals surface area contributed by atoms with Crippen LogP contribution in [0.15, 0.2) is 23.8 Å². The molecule has 0 aromatic heterocycles. The Balaban J connectivity index is 1.63. The number of carbonyl (C=O) groups is 1. The first kappa shape index (κ1) is 25.4. The highest BCUT2D eigenvalue weighted by Crippen LogP contribution is 2.67. The van der Waals surface area contributed by atoms with Crippen LogP contribution in [0.2, 0.25) is 18.1 Å². The molecule has 0 bridgehead atoms. The molecule has 33 heavy (non-hydrogen) atoms. The van der Waals surface area contributed by atoms with Gasteiger partial charge in [0.2, 0.25) is 0 Å². The zero-order valence-corrected chi connectivity index (χ0v) is 23.7. The molecular formula is C30H50O2Si. The number of aldehydes is 1. The number of hydrogen-bond donors (Lipinski definition) is 0. The highest BCUT2D eigenvalue weighted by Gasteiger charge is 2.61. The predicted octanol–water partition coefficient (Wildman–Crippen LogP) is 8.35. The molecule has 0 amide bonds. The minimum Gasteiger partial charge on any atom is -0.413 e. The van der Waals surface area contributed by atoms with E-state index in [1.807, 2.05) is 0 Å². The van der Waals surface area contributed by atoms with Crippen molar-refractivity contribution in [1.29, 1.82) is 0 Å². The maximum atomic E-state index is 10.9. The second-order valence-electron chi connectivity index (χ2n) is 14.0. The van der Waals surface area contributed by atoms with Gasteiger partial charge in [-0.05, 0) is 111 Å². The van der Waals surface area contributed by atoms with Gasteiger partial charge in [0, 0.05) is 5.41 Å². The van der Waals surface area contributed by atoms with Crippen molar-refractivity contribution in [2.75, 3.05) is 0 Å². The fourth-order valence-corrected chi connectivity index (χ4v) is 10.1. The van der Waals surface area contributed by atoms with Crippen molar-refractivity contribution >= 4 is 14.6 Å². The largest absolute Gasteiger partial charge is 0.413 e. The summed E-state index contributed by atoms with van der Waals surface area (Å²) in [6.45, 7) is 19.6. The molecule has 4 aliphatic rings. The first-order chi connectivity index (χ1) is 15.4. The van der Waals surface area contributed by atoms with E-state index in [4.69, 9.17) is 4.43 Å². The smallest absolute Gasteiger partial charge is 0.192 e. The summed E-state index contributed by atoms with van der Waals surface area (Å²) in [5.41, 5.74) is 2.37. The van der Waals surface area contributed by atoms with Crippen LogP contribution in [0.1, 0.15) is 92.9 Å². The number of fused-ring (bicyclic) bond motifs is 5. The molecule has 0 heterocycles. The van der Waals surface area contributed by atoms with E-state index < -0.39 is 8.32 Å². The fraction of sp³-hybridized carbons (Fsp3) is 0.833. The van der Waals surface area contributed by atoms with Crippen LogP contribution in [-0.2, 0) is 9.22 Å². The van der Waals surface area contributed by atoms with Crippen molar-refractivity contribution < 1.29 is 9.22 Å². The van der Waals surface area contributed by atoms with Crippen LogP contribution >= 0.6 is 0 Å². The molecule has 0 aliphatic heterocycles. The summed E-state index contributed by atoms with van der Waals surface area (Å²) in [5, 5.41) is 0.258. The zero-order chi connectivity index (χ0) is 24.2. The van der Waals surface area contributed by atoms with Gasteiger partial charge in [-0.3, -0.25) is 4.79 Å². The number of hydrogen-bond acceptors (Lipinski definition) is 2. The molecule has 0 aromatic rings. The van der Waals surface area contributed by atoms with Crippen LogP contribution in [0.3, 0.4) is 0 Å². The average Bonchev–Trinajstić information content (AvgIpc) is 3.09. The van der Waals surface area contributed by atoms with Crippen LogP contribution < -0.4 is 0 Å². The third-order valence-electron chi connectivity index (χ3n) is 11.6. The Hall–Kier alpha value is -0.673. The Morgan fingerprint density at radius 2 is 1.85 bits per heavy atom. The normalized spacial score (nSPS) is 42.3. The SMILES string of the molecule is C[C@H](/C=C/C=O)[C@H]1CC[C@H]2[C@@H]3CC=C4CCCC(O[Si](C)(C)C(C)(C)C)[C@]4(C)[C@H]3CC[C@]12C. The van der Waals surface area contributed by atoms with Crippen LogP contribution in [0.25, 0.3) is 0 Å². The number of allylic oxidation sites excluding steroid dienone is 3. The predicted molar refractivity (Wildman–Crippen MR) is 142 cm³/mol. The van der Waals surface area contributed by atoms with Gasteiger partial charge < -0.3 is 4.43 Å². The van der Waals surface area contributed by atoms with E-state index in [1.165, 1.54) is 51.4 Å².